The predicted molar refractivity (Wildman–Crippen MR) is 110 cm³/mol. The van der Waals surface area contributed by atoms with Crippen molar-refractivity contribution < 1.29 is 19.1 Å². The van der Waals surface area contributed by atoms with Crippen LogP contribution in [-0.4, -0.2) is 24.3 Å². The van der Waals surface area contributed by atoms with Crippen LogP contribution in [0.2, 0.25) is 0 Å². The summed E-state index contributed by atoms with van der Waals surface area (Å²) in [5.74, 6) is -1.93. The molecule has 3 amide bonds. The van der Waals surface area contributed by atoms with Crippen LogP contribution in [0.15, 0.2) is 66.7 Å². The second-order valence-electron chi connectivity index (χ2n) is 6.30. The minimum absolute atomic E-state index is 0.307. The van der Waals surface area contributed by atoms with E-state index >= 15 is 0 Å². The summed E-state index contributed by atoms with van der Waals surface area (Å²) in [6, 6.07) is 20.4. The van der Waals surface area contributed by atoms with E-state index in [9.17, 15) is 14.4 Å². The Morgan fingerprint density at radius 1 is 0.828 bits per heavy atom. The Kier molecular flexibility index (Phi) is 6.42. The lowest BCUT2D eigenvalue weighted by atomic mass is 10.1. The third-order valence-corrected chi connectivity index (χ3v) is 4.23. The third kappa shape index (κ3) is 5.55. The minimum atomic E-state index is -0.983. The molecule has 0 saturated heterocycles. The van der Waals surface area contributed by atoms with Gasteiger partial charge in [0.15, 0.2) is 6.61 Å². The summed E-state index contributed by atoms with van der Waals surface area (Å²) in [6.07, 6.45) is 0.877. The van der Waals surface area contributed by atoms with E-state index < -0.39 is 17.7 Å². The van der Waals surface area contributed by atoms with Gasteiger partial charge >= 0.3 is 11.8 Å². The second-order valence-corrected chi connectivity index (χ2v) is 6.30. The maximum Gasteiger partial charge on any atom is 0.328 e. The molecule has 3 rings (SSSR count). The number of benzene rings is 3. The van der Waals surface area contributed by atoms with Gasteiger partial charge in [0.05, 0.1) is 0 Å². The number of carbonyl (C=O) groups is 3. The van der Waals surface area contributed by atoms with Crippen molar-refractivity contribution in [3.63, 3.8) is 0 Å². The molecule has 0 aromatic heterocycles. The lowest BCUT2D eigenvalue weighted by Crippen LogP contribution is -2.48. The number of rotatable bonds is 5. The first kappa shape index (κ1) is 19.9. The third-order valence-electron chi connectivity index (χ3n) is 4.23. The number of aryl methyl sites for hydroxylation is 1. The Labute approximate surface area is 168 Å². The molecular formula is C22H21N3O4. The first-order valence-corrected chi connectivity index (χ1v) is 9.16. The van der Waals surface area contributed by atoms with Gasteiger partial charge < -0.3 is 10.1 Å². The lowest BCUT2D eigenvalue weighted by molar-refractivity contribution is -0.138. The van der Waals surface area contributed by atoms with Crippen LogP contribution in [0.5, 0.6) is 5.75 Å². The van der Waals surface area contributed by atoms with Crippen LogP contribution in [0.25, 0.3) is 10.8 Å². The molecule has 0 bridgehead atoms. The first-order chi connectivity index (χ1) is 14.0. The minimum Gasteiger partial charge on any atom is -0.484 e. The molecule has 0 fully saturated rings. The predicted octanol–water partition coefficient (Wildman–Crippen LogP) is 2.57. The van der Waals surface area contributed by atoms with Crippen molar-refractivity contribution in [1.82, 2.24) is 10.9 Å². The fraction of sp³-hybridized carbons (Fsp3) is 0.136. The van der Waals surface area contributed by atoms with Gasteiger partial charge in [0.25, 0.3) is 5.91 Å². The van der Waals surface area contributed by atoms with E-state index in [0.29, 0.717) is 11.4 Å². The summed E-state index contributed by atoms with van der Waals surface area (Å²) < 4.78 is 5.42. The number of nitrogens with one attached hydrogen (secondary N) is 3. The van der Waals surface area contributed by atoms with Crippen LogP contribution < -0.4 is 20.9 Å². The van der Waals surface area contributed by atoms with Crippen LogP contribution in [0.1, 0.15) is 12.5 Å². The van der Waals surface area contributed by atoms with Crippen LogP contribution >= 0.6 is 0 Å². The summed E-state index contributed by atoms with van der Waals surface area (Å²) in [6.45, 7) is 1.71. The van der Waals surface area contributed by atoms with E-state index in [1.807, 2.05) is 55.5 Å². The normalized spacial score (nSPS) is 10.2. The lowest BCUT2D eigenvalue weighted by Gasteiger charge is -2.10. The maximum absolute atomic E-state index is 11.9. The molecule has 7 nitrogen and oxygen atoms in total. The fourth-order valence-corrected chi connectivity index (χ4v) is 2.64. The van der Waals surface area contributed by atoms with Crippen LogP contribution in [0.3, 0.4) is 0 Å². The topological polar surface area (TPSA) is 96.5 Å². The SMILES string of the molecule is CCc1ccc(NC(=O)C(=O)NNC(=O)COc2ccc3ccccc3c2)cc1. The molecule has 0 aliphatic rings. The van der Waals surface area contributed by atoms with Crippen molar-refractivity contribution in [2.24, 2.45) is 0 Å². The number of ether oxygens (including phenoxy) is 1. The molecule has 7 heteroatoms. The molecule has 3 N–H and O–H groups in total. The molecule has 0 saturated carbocycles. The summed E-state index contributed by atoms with van der Waals surface area (Å²) in [5, 5.41) is 4.51. The van der Waals surface area contributed by atoms with E-state index in [-0.39, 0.29) is 6.61 Å². The van der Waals surface area contributed by atoms with E-state index in [4.69, 9.17) is 4.74 Å². The van der Waals surface area contributed by atoms with Crippen molar-refractivity contribution in [3.05, 3.63) is 72.3 Å². The Balaban J connectivity index is 1.43. The van der Waals surface area contributed by atoms with Gasteiger partial charge in [-0.05, 0) is 47.0 Å². The zero-order chi connectivity index (χ0) is 20.6. The standard InChI is InChI=1S/C22H21N3O4/c1-2-15-7-10-18(11-8-15)23-21(27)22(28)25-24-20(26)14-29-19-12-9-16-5-3-4-6-17(16)13-19/h3-13H,2,14H2,1H3,(H,23,27)(H,24,26)(H,25,28). The molecule has 0 radical (unpaired) electrons. The van der Waals surface area contributed by atoms with E-state index in [2.05, 4.69) is 16.2 Å². The molecule has 0 spiro atoms. The number of hydrogen-bond donors (Lipinski definition) is 3. The Morgan fingerprint density at radius 3 is 2.28 bits per heavy atom. The van der Waals surface area contributed by atoms with Gasteiger partial charge in [-0.1, -0.05) is 49.4 Å². The second kappa shape index (κ2) is 9.36. The molecule has 0 atom stereocenters. The van der Waals surface area contributed by atoms with Gasteiger partial charge in [-0.25, -0.2) is 0 Å². The number of anilines is 1. The molecule has 0 unspecified atom stereocenters. The summed E-state index contributed by atoms with van der Waals surface area (Å²) in [5.41, 5.74) is 5.82. The molecule has 0 aliphatic carbocycles. The molecule has 29 heavy (non-hydrogen) atoms. The van der Waals surface area contributed by atoms with Gasteiger partial charge in [0.2, 0.25) is 0 Å². The van der Waals surface area contributed by atoms with E-state index in [0.717, 1.165) is 22.8 Å². The van der Waals surface area contributed by atoms with E-state index in [1.54, 1.807) is 18.2 Å². The summed E-state index contributed by atoms with van der Waals surface area (Å²) >= 11 is 0. The average Bonchev–Trinajstić information content (AvgIpc) is 2.76. The van der Waals surface area contributed by atoms with Crippen molar-refractivity contribution >= 4 is 34.2 Å². The largest absolute Gasteiger partial charge is 0.484 e. The van der Waals surface area contributed by atoms with Crippen molar-refractivity contribution in [3.8, 4) is 5.75 Å². The van der Waals surface area contributed by atoms with Gasteiger partial charge in [-0.2, -0.15) is 0 Å². The first-order valence-electron chi connectivity index (χ1n) is 9.16. The van der Waals surface area contributed by atoms with Crippen LogP contribution in [0, 0.1) is 0 Å². The van der Waals surface area contributed by atoms with Gasteiger partial charge in [-0.3, -0.25) is 25.2 Å². The van der Waals surface area contributed by atoms with Crippen LogP contribution in [0.4, 0.5) is 5.69 Å². The number of carbonyl (C=O) groups excluding carboxylic acids is 3. The Bertz CT molecular complexity index is 1030. The van der Waals surface area contributed by atoms with Gasteiger partial charge in [0, 0.05) is 5.69 Å². The monoisotopic (exact) mass is 391 g/mol. The maximum atomic E-state index is 11.9. The highest BCUT2D eigenvalue weighted by molar-refractivity contribution is 6.39. The quantitative estimate of drug-likeness (QED) is 0.460. The zero-order valence-electron chi connectivity index (χ0n) is 15.9. The summed E-state index contributed by atoms with van der Waals surface area (Å²) in [4.78, 5) is 35.5. The number of hydrogen-bond acceptors (Lipinski definition) is 4. The Morgan fingerprint density at radius 2 is 1.55 bits per heavy atom. The van der Waals surface area contributed by atoms with Crippen molar-refractivity contribution in [2.75, 3.05) is 11.9 Å². The van der Waals surface area contributed by atoms with Crippen molar-refractivity contribution in [1.29, 1.82) is 0 Å². The van der Waals surface area contributed by atoms with Crippen LogP contribution in [-0.2, 0) is 20.8 Å². The molecule has 148 valence electrons. The van der Waals surface area contributed by atoms with Gasteiger partial charge in [0.1, 0.15) is 5.75 Å². The highest BCUT2D eigenvalue weighted by atomic mass is 16.5. The van der Waals surface area contributed by atoms with Crippen molar-refractivity contribution in [2.45, 2.75) is 13.3 Å². The fourth-order valence-electron chi connectivity index (χ4n) is 2.64. The molecule has 3 aromatic carbocycles. The number of amides is 3. The highest BCUT2D eigenvalue weighted by Gasteiger charge is 2.14. The van der Waals surface area contributed by atoms with Gasteiger partial charge in [-0.15, -0.1) is 0 Å². The average molecular weight is 391 g/mol. The highest BCUT2D eigenvalue weighted by Crippen LogP contribution is 2.20. The van der Waals surface area contributed by atoms with E-state index in [1.165, 1.54) is 0 Å². The molecule has 0 heterocycles. The number of hydrazine groups is 1. The zero-order valence-corrected chi connectivity index (χ0v) is 15.9. The molecular weight excluding hydrogens is 370 g/mol. The smallest absolute Gasteiger partial charge is 0.328 e. The molecule has 3 aromatic rings. The summed E-state index contributed by atoms with van der Waals surface area (Å²) in [7, 11) is 0. The number of fused-ring (bicyclic) bond motifs is 1. The Hall–Kier alpha value is -3.87. The molecule has 0 aliphatic heterocycles.